The molecule has 1 unspecified atom stereocenters. The number of allylic oxidation sites excluding steroid dienone is 1. The van der Waals surface area contributed by atoms with Gasteiger partial charge in [-0.05, 0) is 43.9 Å². The minimum absolute atomic E-state index is 0.0836. The zero-order chi connectivity index (χ0) is 16.1. The van der Waals surface area contributed by atoms with Crippen molar-refractivity contribution < 1.29 is 14.3 Å². The maximum absolute atomic E-state index is 12.5. The lowest BCUT2D eigenvalue weighted by Gasteiger charge is -2.32. The van der Waals surface area contributed by atoms with Crippen LogP contribution < -0.4 is 5.32 Å². The summed E-state index contributed by atoms with van der Waals surface area (Å²) in [4.78, 5) is 30.7. The number of likely N-dealkylation sites (tertiary alicyclic amines) is 1. The smallest absolute Gasteiger partial charge is 0.288 e. The summed E-state index contributed by atoms with van der Waals surface area (Å²) in [7, 11) is 0. The van der Waals surface area contributed by atoms with Gasteiger partial charge in [-0.2, -0.15) is 0 Å². The van der Waals surface area contributed by atoms with Crippen molar-refractivity contribution in [1.29, 1.82) is 0 Å². The summed E-state index contributed by atoms with van der Waals surface area (Å²) in [6.07, 6.45) is 6.91. The van der Waals surface area contributed by atoms with Gasteiger partial charge in [-0.1, -0.05) is 6.07 Å². The highest BCUT2D eigenvalue weighted by molar-refractivity contribution is 5.94. The van der Waals surface area contributed by atoms with Gasteiger partial charge in [0.2, 0.25) is 5.91 Å². The van der Waals surface area contributed by atoms with Crippen LogP contribution in [0.15, 0.2) is 36.2 Å². The van der Waals surface area contributed by atoms with Gasteiger partial charge in [0.1, 0.15) is 5.82 Å². The standard InChI is InChI=1S/C17H21N3O3/c21-16(19-15-8-1-3-9-18-15)13-6-5-10-20(12-13)17(22)14-7-2-4-11-23-14/h1,3,7-9,13H,2,4-6,10-12H2,(H,18,19,21). The first-order valence-electron chi connectivity index (χ1n) is 8.08. The molecule has 1 atom stereocenters. The third-order valence-corrected chi connectivity index (χ3v) is 4.14. The normalized spacial score (nSPS) is 21.1. The molecule has 0 radical (unpaired) electrons. The van der Waals surface area contributed by atoms with Gasteiger partial charge < -0.3 is 15.0 Å². The lowest BCUT2D eigenvalue weighted by atomic mass is 9.97. The minimum Gasteiger partial charge on any atom is -0.488 e. The Kier molecular flexibility index (Phi) is 4.90. The highest BCUT2D eigenvalue weighted by atomic mass is 16.5. The molecule has 0 aliphatic carbocycles. The second kappa shape index (κ2) is 7.26. The Morgan fingerprint density at radius 2 is 2.22 bits per heavy atom. The number of pyridine rings is 1. The first kappa shape index (κ1) is 15.5. The molecule has 1 saturated heterocycles. The fraction of sp³-hybridized carbons (Fsp3) is 0.471. The SMILES string of the molecule is O=C(Nc1ccccn1)C1CCCN(C(=O)C2=CCCCO2)C1. The zero-order valence-electron chi connectivity index (χ0n) is 13.0. The van der Waals surface area contributed by atoms with Gasteiger partial charge in [0.15, 0.2) is 5.76 Å². The number of ether oxygens (including phenoxy) is 1. The third kappa shape index (κ3) is 3.88. The van der Waals surface area contributed by atoms with Crippen LogP contribution in [0, 0.1) is 5.92 Å². The molecule has 0 spiro atoms. The monoisotopic (exact) mass is 315 g/mol. The highest BCUT2D eigenvalue weighted by Crippen LogP contribution is 2.21. The molecule has 2 aliphatic heterocycles. The number of piperidine rings is 1. The summed E-state index contributed by atoms with van der Waals surface area (Å²) in [5.41, 5.74) is 0. The number of amides is 2. The van der Waals surface area contributed by atoms with E-state index in [1.165, 1.54) is 0 Å². The molecule has 2 aliphatic rings. The number of hydrogen-bond acceptors (Lipinski definition) is 4. The largest absolute Gasteiger partial charge is 0.488 e. The molecule has 0 saturated carbocycles. The number of anilines is 1. The molecule has 3 rings (SSSR count). The Labute approximate surface area is 135 Å². The molecule has 1 N–H and O–H groups in total. The van der Waals surface area contributed by atoms with Crippen molar-refractivity contribution in [3.63, 3.8) is 0 Å². The molecular weight excluding hydrogens is 294 g/mol. The molecule has 122 valence electrons. The van der Waals surface area contributed by atoms with Crippen molar-refractivity contribution in [2.45, 2.75) is 25.7 Å². The zero-order valence-corrected chi connectivity index (χ0v) is 13.0. The second-order valence-corrected chi connectivity index (χ2v) is 5.85. The van der Waals surface area contributed by atoms with Crippen LogP contribution in [0.4, 0.5) is 5.82 Å². The molecule has 1 aromatic rings. The van der Waals surface area contributed by atoms with Gasteiger partial charge in [0, 0.05) is 19.3 Å². The Bertz CT molecular complexity index is 600. The third-order valence-electron chi connectivity index (χ3n) is 4.14. The number of hydrogen-bond donors (Lipinski definition) is 1. The van der Waals surface area contributed by atoms with Gasteiger partial charge in [0.05, 0.1) is 12.5 Å². The molecule has 6 nitrogen and oxygen atoms in total. The number of carbonyl (C=O) groups excluding carboxylic acids is 2. The Hall–Kier alpha value is -2.37. The molecule has 3 heterocycles. The molecule has 1 fully saturated rings. The second-order valence-electron chi connectivity index (χ2n) is 5.85. The molecule has 6 heteroatoms. The van der Waals surface area contributed by atoms with Crippen LogP contribution in [0.2, 0.25) is 0 Å². The van der Waals surface area contributed by atoms with E-state index in [-0.39, 0.29) is 17.7 Å². The maximum Gasteiger partial charge on any atom is 0.288 e. The molecule has 0 bridgehead atoms. The van der Waals surface area contributed by atoms with Gasteiger partial charge >= 0.3 is 0 Å². The summed E-state index contributed by atoms with van der Waals surface area (Å²) in [6, 6.07) is 5.38. The summed E-state index contributed by atoms with van der Waals surface area (Å²) in [5.74, 6) is 0.583. The number of nitrogens with one attached hydrogen (secondary N) is 1. The van der Waals surface area contributed by atoms with E-state index >= 15 is 0 Å². The molecular formula is C17H21N3O3. The molecule has 23 heavy (non-hydrogen) atoms. The van der Waals surface area contributed by atoms with E-state index in [0.29, 0.717) is 31.3 Å². The first-order valence-corrected chi connectivity index (χ1v) is 8.08. The molecule has 1 aromatic heterocycles. The number of nitrogens with zero attached hydrogens (tertiary/aromatic N) is 2. The average Bonchev–Trinajstić information content (AvgIpc) is 2.63. The fourth-order valence-electron chi connectivity index (χ4n) is 2.90. The fourth-order valence-corrected chi connectivity index (χ4v) is 2.90. The van der Waals surface area contributed by atoms with E-state index in [4.69, 9.17) is 4.74 Å². The van der Waals surface area contributed by atoms with Crippen LogP contribution in [-0.2, 0) is 14.3 Å². The van der Waals surface area contributed by atoms with Crippen molar-refractivity contribution in [2.75, 3.05) is 25.0 Å². The van der Waals surface area contributed by atoms with E-state index in [0.717, 1.165) is 25.7 Å². The lowest BCUT2D eigenvalue weighted by Crippen LogP contribution is -2.44. The van der Waals surface area contributed by atoms with Gasteiger partial charge in [0.25, 0.3) is 5.91 Å². The van der Waals surface area contributed by atoms with Gasteiger partial charge in [-0.3, -0.25) is 9.59 Å². The predicted octanol–water partition coefficient (Wildman–Crippen LogP) is 1.95. The molecule has 2 amide bonds. The van der Waals surface area contributed by atoms with Crippen LogP contribution in [-0.4, -0.2) is 41.4 Å². The van der Waals surface area contributed by atoms with E-state index in [9.17, 15) is 9.59 Å². The summed E-state index contributed by atoms with van der Waals surface area (Å²) < 4.78 is 5.44. The average molecular weight is 315 g/mol. The first-order chi connectivity index (χ1) is 11.2. The quantitative estimate of drug-likeness (QED) is 0.925. The maximum atomic E-state index is 12.5. The van der Waals surface area contributed by atoms with Crippen molar-refractivity contribution in [3.8, 4) is 0 Å². The predicted molar refractivity (Wildman–Crippen MR) is 85.4 cm³/mol. The van der Waals surface area contributed by atoms with Crippen LogP contribution >= 0.6 is 0 Å². The van der Waals surface area contributed by atoms with E-state index < -0.39 is 0 Å². The van der Waals surface area contributed by atoms with Crippen molar-refractivity contribution >= 4 is 17.6 Å². The summed E-state index contributed by atoms with van der Waals surface area (Å²) in [5, 5.41) is 2.82. The number of rotatable bonds is 3. The summed E-state index contributed by atoms with van der Waals surface area (Å²) >= 11 is 0. The van der Waals surface area contributed by atoms with E-state index in [1.807, 2.05) is 12.1 Å². The Balaban J connectivity index is 1.60. The number of carbonyl (C=O) groups is 2. The molecule has 0 aromatic carbocycles. The van der Waals surface area contributed by atoms with Crippen LogP contribution in [0.1, 0.15) is 25.7 Å². The van der Waals surface area contributed by atoms with Crippen molar-refractivity contribution in [3.05, 3.63) is 36.2 Å². The van der Waals surface area contributed by atoms with E-state index in [1.54, 1.807) is 23.2 Å². The van der Waals surface area contributed by atoms with E-state index in [2.05, 4.69) is 10.3 Å². The van der Waals surface area contributed by atoms with Crippen molar-refractivity contribution in [2.24, 2.45) is 5.92 Å². The Morgan fingerprint density at radius 3 is 2.96 bits per heavy atom. The van der Waals surface area contributed by atoms with Crippen LogP contribution in [0.25, 0.3) is 0 Å². The lowest BCUT2D eigenvalue weighted by molar-refractivity contribution is -0.134. The van der Waals surface area contributed by atoms with Gasteiger partial charge in [-0.25, -0.2) is 4.98 Å². The minimum atomic E-state index is -0.209. The van der Waals surface area contributed by atoms with Crippen LogP contribution in [0.5, 0.6) is 0 Å². The topological polar surface area (TPSA) is 71.5 Å². The highest BCUT2D eigenvalue weighted by Gasteiger charge is 2.30. The van der Waals surface area contributed by atoms with Crippen LogP contribution in [0.3, 0.4) is 0 Å². The van der Waals surface area contributed by atoms with Gasteiger partial charge in [-0.15, -0.1) is 0 Å². The number of aromatic nitrogens is 1. The van der Waals surface area contributed by atoms with Crippen molar-refractivity contribution in [1.82, 2.24) is 9.88 Å². The Morgan fingerprint density at radius 1 is 1.30 bits per heavy atom. The summed E-state index contributed by atoms with van der Waals surface area (Å²) in [6.45, 7) is 1.69.